The van der Waals surface area contributed by atoms with Gasteiger partial charge in [-0.3, -0.25) is 4.79 Å². The van der Waals surface area contributed by atoms with Gasteiger partial charge in [0.15, 0.2) is 0 Å². The molecule has 0 fully saturated rings. The molecule has 2 nitrogen and oxygen atoms in total. The van der Waals surface area contributed by atoms with Crippen molar-refractivity contribution < 1.29 is 4.79 Å². The SMILES string of the molecule is O=C(Nc1cccc(CCCBr)c1)c1cccc(Cl)c1Cl. The van der Waals surface area contributed by atoms with Crippen molar-refractivity contribution in [3.8, 4) is 0 Å². The first-order valence-electron chi connectivity index (χ1n) is 6.52. The summed E-state index contributed by atoms with van der Waals surface area (Å²) in [5.41, 5.74) is 2.31. The lowest BCUT2D eigenvalue weighted by atomic mass is 10.1. The largest absolute Gasteiger partial charge is 0.322 e. The maximum atomic E-state index is 12.3. The van der Waals surface area contributed by atoms with Gasteiger partial charge in [-0.15, -0.1) is 0 Å². The van der Waals surface area contributed by atoms with Gasteiger partial charge in [-0.25, -0.2) is 0 Å². The van der Waals surface area contributed by atoms with Crippen LogP contribution in [0.3, 0.4) is 0 Å². The van der Waals surface area contributed by atoms with Gasteiger partial charge in [0.25, 0.3) is 5.91 Å². The molecule has 2 rings (SSSR count). The molecule has 110 valence electrons. The van der Waals surface area contributed by atoms with Gasteiger partial charge in [0.2, 0.25) is 0 Å². The van der Waals surface area contributed by atoms with E-state index in [1.54, 1.807) is 18.2 Å². The number of aryl methyl sites for hydroxylation is 1. The molecule has 2 aromatic rings. The topological polar surface area (TPSA) is 29.1 Å². The average Bonchev–Trinajstić information content (AvgIpc) is 2.48. The van der Waals surface area contributed by atoms with Crippen molar-refractivity contribution in [2.45, 2.75) is 12.8 Å². The number of hydrogen-bond acceptors (Lipinski definition) is 1. The van der Waals surface area contributed by atoms with Crippen molar-refractivity contribution in [2.75, 3.05) is 10.6 Å². The average molecular weight is 387 g/mol. The van der Waals surface area contributed by atoms with Crippen molar-refractivity contribution in [1.82, 2.24) is 0 Å². The third-order valence-corrected chi connectivity index (χ3v) is 4.36. The number of halogens is 3. The predicted molar refractivity (Wildman–Crippen MR) is 93.0 cm³/mol. The van der Waals surface area contributed by atoms with Gasteiger partial charge < -0.3 is 5.32 Å². The number of alkyl halides is 1. The lowest BCUT2D eigenvalue weighted by molar-refractivity contribution is 0.102. The fourth-order valence-electron chi connectivity index (χ4n) is 1.95. The Labute approximate surface area is 142 Å². The Morgan fingerprint density at radius 2 is 1.90 bits per heavy atom. The molecule has 1 amide bonds. The van der Waals surface area contributed by atoms with Crippen LogP contribution in [0, 0.1) is 0 Å². The molecule has 0 saturated heterocycles. The number of anilines is 1. The van der Waals surface area contributed by atoms with Crippen LogP contribution in [0.1, 0.15) is 22.3 Å². The van der Waals surface area contributed by atoms with E-state index in [1.165, 1.54) is 5.56 Å². The Morgan fingerprint density at radius 3 is 2.67 bits per heavy atom. The van der Waals surface area contributed by atoms with Gasteiger partial charge >= 0.3 is 0 Å². The monoisotopic (exact) mass is 385 g/mol. The maximum absolute atomic E-state index is 12.3. The number of carbonyl (C=O) groups excluding carboxylic acids is 1. The Hall–Kier alpha value is -1.03. The summed E-state index contributed by atoms with van der Waals surface area (Å²) in [6.07, 6.45) is 2.02. The zero-order valence-electron chi connectivity index (χ0n) is 11.2. The van der Waals surface area contributed by atoms with Crippen LogP contribution < -0.4 is 5.32 Å². The molecule has 0 aliphatic carbocycles. The van der Waals surface area contributed by atoms with Gasteiger partial charge in [0.1, 0.15) is 0 Å². The van der Waals surface area contributed by atoms with E-state index in [2.05, 4.69) is 21.2 Å². The first-order valence-corrected chi connectivity index (χ1v) is 8.40. The van der Waals surface area contributed by atoms with Gasteiger partial charge in [-0.1, -0.05) is 57.3 Å². The van der Waals surface area contributed by atoms with Gasteiger partial charge in [0.05, 0.1) is 15.6 Å². The van der Waals surface area contributed by atoms with Crippen LogP contribution in [0.5, 0.6) is 0 Å². The van der Waals surface area contributed by atoms with Gasteiger partial charge in [-0.2, -0.15) is 0 Å². The Morgan fingerprint density at radius 1 is 1.14 bits per heavy atom. The lowest BCUT2D eigenvalue weighted by Gasteiger charge is -2.09. The molecule has 0 aliphatic rings. The minimum Gasteiger partial charge on any atom is -0.322 e. The summed E-state index contributed by atoms with van der Waals surface area (Å²) >= 11 is 15.4. The van der Waals surface area contributed by atoms with E-state index in [1.807, 2.05) is 24.3 Å². The van der Waals surface area contributed by atoms with E-state index in [0.717, 1.165) is 23.9 Å². The number of amides is 1. The first-order chi connectivity index (χ1) is 10.1. The van der Waals surface area contributed by atoms with E-state index in [4.69, 9.17) is 23.2 Å². The second-order valence-corrected chi connectivity index (χ2v) is 6.13. The summed E-state index contributed by atoms with van der Waals surface area (Å²) in [6, 6.07) is 12.8. The molecule has 0 radical (unpaired) electrons. The van der Waals surface area contributed by atoms with Crippen LogP contribution in [-0.2, 0) is 6.42 Å². The summed E-state index contributed by atoms with van der Waals surface area (Å²) in [7, 11) is 0. The molecule has 0 aliphatic heterocycles. The molecule has 0 unspecified atom stereocenters. The zero-order chi connectivity index (χ0) is 15.2. The molecule has 0 saturated carbocycles. The molecular formula is C16H14BrCl2NO. The van der Waals surface area contributed by atoms with Gasteiger partial charge in [0, 0.05) is 11.0 Å². The second kappa shape index (κ2) is 7.83. The van der Waals surface area contributed by atoms with E-state index >= 15 is 0 Å². The lowest BCUT2D eigenvalue weighted by Crippen LogP contribution is -2.12. The summed E-state index contributed by atoms with van der Waals surface area (Å²) in [5.74, 6) is -0.264. The van der Waals surface area contributed by atoms with Crippen molar-refractivity contribution >= 4 is 50.7 Å². The van der Waals surface area contributed by atoms with Crippen LogP contribution in [0.15, 0.2) is 42.5 Å². The van der Waals surface area contributed by atoms with Gasteiger partial charge in [-0.05, 0) is 42.7 Å². The fraction of sp³-hybridized carbons (Fsp3) is 0.188. The van der Waals surface area contributed by atoms with Crippen molar-refractivity contribution in [1.29, 1.82) is 0 Å². The minimum absolute atomic E-state index is 0.264. The molecular weight excluding hydrogens is 373 g/mol. The summed E-state index contributed by atoms with van der Waals surface area (Å²) in [6.45, 7) is 0. The number of benzene rings is 2. The Balaban J connectivity index is 2.14. The second-order valence-electron chi connectivity index (χ2n) is 4.55. The quantitative estimate of drug-likeness (QED) is 0.668. The normalized spacial score (nSPS) is 10.4. The van der Waals surface area contributed by atoms with E-state index in [0.29, 0.717) is 10.6 Å². The predicted octanol–water partition coefficient (Wildman–Crippen LogP) is 5.57. The van der Waals surface area contributed by atoms with Crippen LogP contribution >= 0.6 is 39.1 Å². The first kappa shape index (κ1) is 16.3. The molecule has 21 heavy (non-hydrogen) atoms. The highest BCUT2D eigenvalue weighted by Gasteiger charge is 2.12. The minimum atomic E-state index is -0.264. The highest BCUT2D eigenvalue weighted by atomic mass is 79.9. The van der Waals surface area contributed by atoms with Crippen LogP contribution in [0.2, 0.25) is 10.0 Å². The number of rotatable bonds is 5. The molecule has 0 heterocycles. The summed E-state index contributed by atoms with van der Waals surface area (Å²) in [4.78, 5) is 12.3. The highest BCUT2D eigenvalue weighted by Crippen LogP contribution is 2.26. The maximum Gasteiger partial charge on any atom is 0.257 e. The molecule has 0 spiro atoms. The molecule has 5 heteroatoms. The standard InChI is InChI=1S/C16H14BrCl2NO/c17-9-3-5-11-4-1-6-12(10-11)20-16(21)13-7-2-8-14(18)15(13)19/h1-2,4,6-8,10H,3,5,9H2,(H,20,21). The highest BCUT2D eigenvalue weighted by molar-refractivity contribution is 9.09. The third kappa shape index (κ3) is 4.47. The fourth-order valence-corrected chi connectivity index (χ4v) is 2.62. The smallest absolute Gasteiger partial charge is 0.257 e. The van der Waals surface area contributed by atoms with Crippen molar-refractivity contribution in [2.24, 2.45) is 0 Å². The third-order valence-electron chi connectivity index (χ3n) is 2.98. The molecule has 2 aromatic carbocycles. The van der Waals surface area contributed by atoms with Crippen molar-refractivity contribution in [3.05, 3.63) is 63.6 Å². The molecule has 1 N–H and O–H groups in total. The van der Waals surface area contributed by atoms with E-state index in [9.17, 15) is 4.79 Å². The van der Waals surface area contributed by atoms with Crippen LogP contribution in [0.25, 0.3) is 0 Å². The summed E-state index contributed by atoms with van der Waals surface area (Å²) < 4.78 is 0. The summed E-state index contributed by atoms with van der Waals surface area (Å²) in [5, 5.41) is 4.45. The van der Waals surface area contributed by atoms with Crippen LogP contribution in [-0.4, -0.2) is 11.2 Å². The van der Waals surface area contributed by atoms with E-state index in [-0.39, 0.29) is 10.9 Å². The molecule has 0 bridgehead atoms. The number of nitrogens with one attached hydrogen (secondary N) is 1. The Bertz CT molecular complexity index is 646. The molecule has 0 aromatic heterocycles. The number of hydrogen-bond donors (Lipinski definition) is 1. The Kier molecular flexibility index (Phi) is 6.09. The number of carbonyl (C=O) groups is 1. The van der Waals surface area contributed by atoms with Crippen molar-refractivity contribution in [3.63, 3.8) is 0 Å². The van der Waals surface area contributed by atoms with E-state index < -0.39 is 0 Å². The van der Waals surface area contributed by atoms with Crippen LogP contribution in [0.4, 0.5) is 5.69 Å². The zero-order valence-corrected chi connectivity index (χ0v) is 14.3. The molecule has 0 atom stereocenters.